The Labute approximate surface area is 73.2 Å². The molecular formula is C8H17NO3. The zero-order valence-corrected chi connectivity index (χ0v) is 8.09. The largest absolute Gasteiger partial charge is 0.468 e. The van der Waals surface area contributed by atoms with E-state index in [0.29, 0.717) is 6.61 Å². The third-order valence-corrected chi connectivity index (χ3v) is 1.76. The zero-order chi connectivity index (χ0) is 9.56. The van der Waals surface area contributed by atoms with Crippen molar-refractivity contribution < 1.29 is 14.3 Å². The third-order valence-electron chi connectivity index (χ3n) is 1.76. The topological polar surface area (TPSA) is 47.6 Å². The zero-order valence-electron chi connectivity index (χ0n) is 8.09. The quantitative estimate of drug-likeness (QED) is 0.599. The lowest BCUT2D eigenvalue weighted by Gasteiger charge is -2.19. The van der Waals surface area contributed by atoms with Crippen molar-refractivity contribution in [1.29, 1.82) is 0 Å². The summed E-state index contributed by atoms with van der Waals surface area (Å²) in [5.41, 5.74) is 0. The van der Waals surface area contributed by atoms with Gasteiger partial charge in [-0.1, -0.05) is 6.92 Å². The summed E-state index contributed by atoms with van der Waals surface area (Å²) in [5.74, 6) is -0.130. The Hall–Kier alpha value is -0.610. The molecule has 0 radical (unpaired) electrons. The summed E-state index contributed by atoms with van der Waals surface area (Å²) in [6.07, 6.45) is 0. The summed E-state index contributed by atoms with van der Waals surface area (Å²) in [4.78, 5) is 11.1. The molecule has 0 aromatic heterocycles. The van der Waals surface area contributed by atoms with E-state index < -0.39 is 0 Å². The molecule has 0 fully saturated rings. The number of esters is 1. The fourth-order valence-electron chi connectivity index (χ4n) is 1.12. The fourth-order valence-corrected chi connectivity index (χ4v) is 1.12. The highest BCUT2D eigenvalue weighted by atomic mass is 16.5. The van der Waals surface area contributed by atoms with E-state index in [2.05, 4.69) is 10.1 Å². The minimum Gasteiger partial charge on any atom is -0.468 e. The first-order valence-corrected chi connectivity index (χ1v) is 3.91. The molecule has 0 heterocycles. The molecule has 0 saturated heterocycles. The van der Waals surface area contributed by atoms with Crippen LogP contribution in [0.4, 0.5) is 0 Å². The highest BCUT2D eigenvalue weighted by Crippen LogP contribution is 2.04. The summed E-state index contributed by atoms with van der Waals surface area (Å²) < 4.78 is 9.55. The van der Waals surface area contributed by atoms with Gasteiger partial charge in [-0.2, -0.15) is 0 Å². The molecule has 0 aliphatic heterocycles. The van der Waals surface area contributed by atoms with Gasteiger partial charge < -0.3 is 14.8 Å². The lowest BCUT2D eigenvalue weighted by atomic mass is 10.0. The number of carbonyl (C=O) groups excluding carboxylic acids is 1. The van der Waals surface area contributed by atoms with E-state index in [1.54, 1.807) is 14.2 Å². The average Bonchev–Trinajstić information content (AvgIpc) is 2.06. The number of hydrogen-bond acceptors (Lipinski definition) is 4. The molecule has 4 heteroatoms. The maximum atomic E-state index is 11.1. The summed E-state index contributed by atoms with van der Waals surface area (Å²) in [7, 11) is 4.72. The van der Waals surface area contributed by atoms with Crippen LogP contribution in [-0.4, -0.2) is 39.9 Å². The maximum absolute atomic E-state index is 11.1. The molecule has 1 N–H and O–H groups in total. The van der Waals surface area contributed by atoms with Gasteiger partial charge in [0.15, 0.2) is 0 Å². The summed E-state index contributed by atoms with van der Waals surface area (Å²) in [6.45, 7) is 2.47. The van der Waals surface area contributed by atoms with Crippen LogP contribution in [0.15, 0.2) is 0 Å². The molecule has 12 heavy (non-hydrogen) atoms. The Morgan fingerprint density at radius 3 is 2.42 bits per heavy atom. The van der Waals surface area contributed by atoms with Crippen LogP contribution in [0.5, 0.6) is 0 Å². The number of carbonyl (C=O) groups is 1. The van der Waals surface area contributed by atoms with Crippen LogP contribution in [0, 0.1) is 5.92 Å². The predicted molar refractivity (Wildman–Crippen MR) is 45.9 cm³/mol. The van der Waals surface area contributed by atoms with Gasteiger partial charge in [0.2, 0.25) is 0 Å². The molecule has 2 unspecified atom stereocenters. The van der Waals surface area contributed by atoms with Gasteiger partial charge in [0.05, 0.1) is 13.7 Å². The van der Waals surface area contributed by atoms with Crippen LogP contribution >= 0.6 is 0 Å². The van der Waals surface area contributed by atoms with E-state index in [1.165, 1.54) is 7.11 Å². The van der Waals surface area contributed by atoms with Gasteiger partial charge in [0.25, 0.3) is 0 Å². The van der Waals surface area contributed by atoms with Gasteiger partial charge in [0, 0.05) is 13.0 Å². The molecule has 0 spiro atoms. The molecule has 0 rings (SSSR count). The highest BCUT2D eigenvalue weighted by molar-refractivity contribution is 5.75. The van der Waals surface area contributed by atoms with Crippen molar-refractivity contribution in [2.24, 2.45) is 5.92 Å². The number of nitrogens with one attached hydrogen (secondary N) is 1. The highest BCUT2D eigenvalue weighted by Gasteiger charge is 2.23. The van der Waals surface area contributed by atoms with Crippen molar-refractivity contribution in [2.45, 2.75) is 13.0 Å². The van der Waals surface area contributed by atoms with Crippen LogP contribution < -0.4 is 5.32 Å². The Morgan fingerprint density at radius 1 is 1.50 bits per heavy atom. The van der Waals surface area contributed by atoms with E-state index in [9.17, 15) is 4.79 Å². The molecule has 0 saturated carbocycles. The van der Waals surface area contributed by atoms with Gasteiger partial charge in [-0.3, -0.25) is 4.79 Å². The first-order chi connectivity index (χ1) is 5.67. The normalized spacial score (nSPS) is 15.3. The Balaban J connectivity index is 4.03. The minimum atomic E-state index is -0.282. The SMILES string of the molecule is CNC(C(=O)OC)C(C)COC. The van der Waals surface area contributed by atoms with E-state index >= 15 is 0 Å². The number of rotatable bonds is 5. The molecule has 0 bridgehead atoms. The minimum absolute atomic E-state index is 0.118. The Bertz CT molecular complexity index is 138. The number of ether oxygens (including phenoxy) is 2. The third kappa shape index (κ3) is 3.19. The second-order valence-electron chi connectivity index (χ2n) is 2.72. The van der Waals surface area contributed by atoms with Gasteiger partial charge in [-0.15, -0.1) is 0 Å². The Kier molecular flexibility index (Phi) is 5.66. The predicted octanol–water partition coefficient (Wildman–Crippen LogP) is 0.0299. The molecular weight excluding hydrogens is 158 g/mol. The van der Waals surface area contributed by atoms with Gasteiger partial charge in [0.1, 0.15) is 6.04 Å². The van der Waals surface area contributed by atoms with E-state index in [-0.39, 0.29) is 17.9 Å². The molecule has 72 valence electrons. The van der Waals surface area contributed by atoms with E-state index in [4.69, 9.17) is 4.74 Å². The second-order valence-corrected chi connectivity index (χ2v) is 2.72. The van der Waals surface area contributed by atoms with Crippen molar-refractivity contribution >= 4 is 5.97 Å². The second kappa shape index (κ2) is 5.97. The standard InChI is InChI=1S/C8H17NO3/c1-6(5-11-3)7(9-2)8(10)12-4/h6-7,9H,5H2,1-4H3. The molecule has 2 atom stereocenters. The van der Waals surface area contributed by atoms with E-state index in [0.717, 1.165) is 0 Å². The number of hydrogen-bond donors (Lipinski definition) is 1. The smallest absolute Gasteiger partial charge is 0.323 e. The molecule has 0 aliphatic rings. The van der Waals surface area contributed by atoms with Crippen molar-refractivity contribution in [1.82, 2.24) is 5.32 Å². The van der Waals surface area contributed by atoms with E-state index in [1.807, 2.05) is 6.92 Å². The van der Waals surface area contributed by atoms with Gasteiger partial charge in [-0.05, 0) is 7.05 Å². The molecule has 0 amide bonds. The van der Waals surface area contributed by atoms with Crippen LogP contribution in [-0.2, 0) is 14.3 Å². The summed E-state index contributed by atoms with van der Waals surface area (Å²) >= 11 is 0. The first kappa shape index (κ1) is 11.4. The van der Waals surface area contributed by atoms with Crippen LogP contribution in [0.1, 0.15) is 6.92 Å². The molecule has 0 aromatic rings. The van der Waals surface area contributed by atoms with Crippen molar-refractivity contribution in [3.05, 3.63) is 0 Å². The monoisotopic (exact) mass is 175 g/mol. The van der Waals surface area contributed by atoms with Gasteiger partial charge in [-0.25, -0.2) is 0 Å². The lowest BCUT2D eigenvalue weighted by molar-refractivity contribution is -0.144. The molecule has 4 nitrogen and oxygen atoms in total. The number of likely N-dealkylation sites (N-methyl/N-ethyl adjacent to an activating group) is 1. The maximum Gasteiger partial charge on any atom is 0.323 e. The Morgan fingerprint density at radius 2 is 2.08 bits per heavy atom. The first-order valence-electron chi connectivity index (χ1n) is 3.91. The van der Waals surface area contributed by atoms with Gasteiger partial charge >= 0.3 is 5.97 Å². The summed E-state index contributed by atoms with van der Waals surface area (Å²) in [5, 5.41) is 2.88. The molecule has 0 aromatic carbocycles. The van der Waals surface area contributed by atoms with Crippen molar-refractivity contribution in [3.63, 3.8) is 0 Å². The van der Waals surface area contributed by atoms with Crippen molar-refractivity contribution in [3.8, 4) is 0 Å². The van der Waals surface area contributed by atoms with Crippen LogP contribution in [0.3, 0.4) is 0 Å². The lowest BCUT2D eigenvalue weighted by Crippen LogP contribution is -2.42. The van der Waals surface area contributed by atoms with Crippen LogP contribution in [0.2, 0.25) is 0 Å². The number of methoxy groups -OCH3 is 2. The van der Waals surface area contributed by atoms with Crippen LogP contribution in [0.25, 0.3) is 0 Å². The van der Waals surface area contributed by atoms with Crippen molar-refractivity contribution in [2.75, 3.05) is 27.9 Å². The average molecular weight is 175 g/mol. The molecule has 0 aliphatic carbocycles. The summed E-state index contributed by atoms with van der Waals surface area (Å²) in [6, 6.07) is -0.282. The fraction of sp³-hybridized carbons (Fsp3) is 0.875.